The molecule has 8 nitrogen and oxygen atoms in total. The second kappa shape index (κ2) is 10.4. The van der Waals surface area contributed by atoms with Crippen molar-refractivity contribution in [2.75, 3.05) is 44.7 Å². The Hall–Kier alpha value is -3.45. The Balaban J connectivity index is 1.43. The molecule has 0 spiro atoms. The SMILES string of the molecule is O=C(NCCN1CCCOCC1)Nc1cc(F)c(Oc2ccnc3[nH]cc(C(F)(F)F)c23)c(F)c1. The third kappa shape index (κ3) is 5.98. The number of alkyl halides is 3. The third-order valence-corrected chi connectivity index (χ3v) is 5.34. The highest BCUT2D eigenvalue weighted by Gasteiger charge is 2.35. The lowest BCUT2D eigenvalue weighted by molar-refractivity contribution is -0.136. The van der Waals surface area contributed by atoms with Crippen molar-refractivity contribution in [1.82, 2.24) is 20.2 Å². The number of carbonyl (C=O) groups is 1. The number of nitrogens with one attached hydrogen (secondary N) is 3. The number of urea groups is 1. The lowest BCUT2D eigenvalue weighted by atomic mass is 10.2. The van der Waals surface area contributed by atoms with Crippen molar-refractivity contribution >= 4 is 22.8 Å². The summed E-state index contributed by atoms with van der Waals surface area (Å²) in [5.41, 5.74) is -1.43. The van der Waals surface area contributed by atoms with Gasteiger partial charge in [0.1, 0.15) is 11.4 Å². The molecule has 0 atom stereocenters. The standard InChI is InChI=1S/C22H22F5N5O3/c23-15-10-13(31-21(33)29-4-6-32-5-1-8-34-9-7-32)11-16(24)19(15)35-17-2-3-28-20-18(17)14(12-30-20)22(25,26)27/h2-3,10-12H,1,4-9H2,(H,28,30)(H2,29,31,33). The largest absolute Gasteiger partial charge is 0.450 e. The molecule has 1 aliphatic heterocycles. The number of anilines is 1. The molecule has 2 amide bonds. The molecular weight excluding hydrogens is 477 g/mol. The normalized spacial score (nSPS) is 15.1. The van der Waals surface area contributed by atoms with Crippen molar-refractivity contribution < 1.29 is 36.2 Å². The van der Waals surface area contributed by atoms with Crippen LogP contribution in [0.4, 0.5) is 32.4 Å². The summed E-state index contributed by atoms with van der Waals surface area (Å²) in [4.78, 5) is 20.4. The molecule has 35 heavy (non-hydrogen) atoms. The topological polar surface area (TPSA) is 91.5 Å². The van der Waals surface area contributed by atoms with E-state index in [2.05, 4.69) is 25.5 Å². The highest BCUT2D eigenvalue weighted by atomic mass is 19.4. The molecule has 2 aromatic heterocycles. The Labute approximate surface area is 196 Å². The molecule has 3 heterocycles. The smallest absolute Gasteiger partial charge is 0.418 e. The number of pyridine rings is 1. The van der Waals surface area contributed by atoms with E-state index in [1.165, 1.54) is 0 Å². The zero-order chi connectivity index (χ0) is 25.0. The van der Waals surface area contributed by atoms with E-state index in [-0.39, 0.29) is 11.3 Å². The Morgan fingerprint density at radius 3 is 2.71 bits per heavy atom. The van der Waals surface area contributed by atoms with Crippen LogP contribution in [0.5, 0.6) is 11.5 Å². The number of halogens is 5. The minimum Gasteiger partial charge on any atom is -0.450 e. The predicted octanol–water partition coefficient (Wildman–Crippen LogP) is 4.50. The molecule has 0 saturated carbocycles. The van der Waals surface area contributed by atoms with E-state index in [1.807, 2.05) is 0 Å². The minimum atomic E-state index is -4.74. The van der Waals surface area contributed by atoms with Crippen LogP contribution < -0.4 is 15.4 Å². The molecule has 4 rings (SSSR count). The molecular formula is C22H22F5N5O3. The number of amides is 2. The van der Waals surface area contributed by atoms with Gasteiger partial charge in [-0.3, -0.25) is 4.90 Å². The molecule has 0 aliphatic carbocycles. The van der Waals surface area contributed by atoms with Crippen LogP contribution in [0, 0.1) is 11.6 Å². The number of nitrogens with zero attached hydrogens (tertiary/aromatic N) is 2. The Bertz CT molecular complexity index is 1170. The second-order valence-electron chi connectivity index (χ2n) is 7.79. The van der Waals surface area contributed by atoms with Gasteiger partial charge in [0.25, 0.3) is 0 Å². The van der Waals surface area contributed by atoms with E-state index in [4.69, 9.17) is 9.47 Å². The van der Waals surface area contributed by atoms with E-state index in [0.29, 0.717) is 32.5 Å². The Morgan fingerprint density at radius 2 is 1.97 bits per heavy atom. The van der Waals surface area contributed by atoms with E-state index in [1.54, 1.807) is 0 Å². The summed E-state index contributed by atoms with van der Waals surface area (Å²) < 4.78 is 79.8. The summed E-state index contributed by atoms with van der Waals surface area (Å²) >= 11 is 0. The van der Waals surface area contributed by atoms with Crippen molar-refractivity contribution in [2.45, 2.75) is 12.6 Å². The molecule has 1 saturated heterocycles. The third-order valence-electron chi connectivity index (χ3n) is 5.34. The van der Waals surface area contributed by atoms with Gasteiger partial charge in [-0.1, -0.05) is 0 Å². The fourth-order valence-corrected chi connectivity index (χ4v) is 3.70. The van der Waals surface area contributed by atoms with Gasteiger partial charge in [0.2, 0.25) is 0 Å². The van der Waals surface area contributed by atoms with Crippen LogP contribution in [0.2, 0.25) is 0 Å². The molecule has 1 fully saturated rings. The number of hydrogen-bond donors (Lipinski definition) is 3. The van der Waals surface area contributed by atoms with E-state index >= 15 is 0 Å². The second-order valence-corrected chi connectivity index (χ2v) is 7.79. The van der Waals surface area contributed by atoms with Crippen LogP contribution in [0.3, 0.4) is 0 Å². The molecule has 1 aliphatic rings. The van der Waals surface area contributed by atoms with Crippen molar-refractivity contribution in [3.8, 4) is 11.5 Å². The molecule has 3 aromatic rings. The lowest BCUT2D eigenvalue weighted by Crippen LogP contribution is -2.38. The van der Waals surface area contributed by atoms with Crippen molar-refractivity contribution in [1.29, 1.82) is 0 Å². The zero-order valence-electron chi connectivity index (χ0n) is 18.3. The van der Waals surface area contributed by atoms with Gasteiger partial charge in [-0.15, -0.1) is 0 Å². The quantitative estimate of drug-likeness (QED) is 0.435. The van der Waals surface area contributed by atoms with Gasteiger partial charge in [0.05, 0.1) is 17.6 Å². The van der Waals surface area contributed by atoms with Crippen LogP contribution in [-0.2, 0) is 10.9 Å². The first-order valence-corrected chi connectivity index (χ1v) is 10.8. The Kier molecular flexibility index (Phi) is 7.36. The van der Waals surface area contributed by atoms with Crippen molar-refractivity contribution in [3.63, 3.8) is 0 Å². The van der Waals surface area contributed by atoms with Gasteiger partial charge in [-0.25, -0.2) is 18.6 Å². The van der Waals surface area contributed by atoms with Crippen LogP contribution >= 0.6 is 0 Å². The minimum absolute atomic E-state index is 0.154. The highest BCUT2D eigenvalue weighted by Crippen LogP contribution is 2.40. The zero-order valence-corrected chi connectivity index (χ0v) is 18.3. The summed E-state index contributed by atoms with van der Waals surface area (Å²) in [6.45, 7) is 3.81. The van der Waals surface area contributed by atoms with Crippen LogP contribution in [0.25, 0.3) is 11.0 Å². The maximum absolute atomic E-state index is 14.6. The molecule has 188 valence electrons. The number of H-pyrrole nitrogens is 1. The molecule has 3 N–H and O–H groups in total. The fourth-order valence-electron chi connectivity index (χ4n) is 3.70. The van der Waals surface area contributed by atoms with Gasteiger partial charge in [-0.2, -0.15) is 13.2 Å². The maximum atomic E-state index is 14.6. The molecule has 1 aromatic carbocycles. The Morgan fingerprint density at radius 1 is 1.20 bits per heavy atom. The molecule has 13 heteroatoms. The van der Waals surface area contributed by atoms with E-state index in [9.17, 15) is 26.7 Å². The summed E-state index contributed by atoms with van der Waals surface area (Å²) in [7, 11) is 0. The van der Waals surface area contributed by atoms with E-state index < -0.39 is 46.3 Å². The van der Waals surface area contributed by atoms with Gasteiger partial charge >= 0.3 is 12.2 Å². The van der Waals surface area contributed by atoms with Gasteiger partial charge in [0.15, 0.2) is 17.4 Å². The van der Waals surface area contributed by atoms with Crippen LogP contribution in [0.15, 0.2) is 30.6 Å². The van der Waals surface area contributed by atoms with Gasteiger partial charge in [0, 0.05) is 63.0 Å². The number of aromatic amines is 1. The van der Waals surface area contributed by atoms with Crippen molar-refractivity contribution in [2.24, 2.45) is 0 Å². The number of aromatic nitrogens is 2. The first kappa shape index (κ1) is 24.7. The van der Waals surface area contributed by atoms with Gasteiger partial charge < -0.3 is 25.1 Å². The number of hydrogen-bond acceptors (Lipinski definition) is 5. The molecule has 0 unspecified atom stereocenters. The summed E-state index contributed by atoms with van der Waals surface area (Å²) in [6.07, 6.45) is -2.00. The number of benzene rings is 1. The molecule has 0 radical (unpaired) electrons. The fraction of sp³-hybridized carbons (Fsp3) is 0.364. The number of ether oxygens (including phenoxy) is 2. The average molecular weight is 499 g/mol. The first-order valence-electron chi connectivity index (χ1n) is 10.8. The maximum Gasteiger partial charge on any atom is 0.418 e. The summed E-state index contributed by atoms with van der Waals surface area (Å²) in [5.74, 6) is -3.77. The highest BCUT2D eigenvalue weighted by molar-refractivity contribution is 5.89. The van der Waals surface area contributed by atoms with Crippen LogP contribution in [-0.4, -0.2) is 60.3 Å². The monoisotopic (exact) mass is 499 g/mol. The average Bonchev–Trinajstić information content (AvgIpc) is 3.08. The summed E-state index contributed by atoms with van der Waals surface area (Å²) in [6, 6.07) is 2.02. The van der Waals surface area contributed by atoms with Crippen molar-refractivity contribution in [3.05, 3.63) is 47.8 Å². The van der Waals surface area contributed by atoms with Gasteiger partial charge in [-0.05, 0) is 12.5 Å². The first-order chi connectivity index (χ1) is 16.7. The number of fused-ring (bicyclic) bond motifs is 1. The number of rotatable bonds is 6. The predicted molar refractivity (Wildman–Crippen MR) is 116 cm³/mol. The van der Waals surface area contributed by atoms with E-state index in [0.717, 1.165) is 43.9 Å². The van der Waals surface area contributed by atoms with Crippen LogP contribution in [0.1, 0.15) is 12.0 Å². The molecule has 0 bridgehead atoms. The lowest BCUT2D eigenvalue weighted by Gasteiger charge is -2.19. The number of carbonyl (C=O) groups excluding carboxylic acids is 1. The summed E-state index contributed by atoms with van der Waals surface area (Å²) in [5, 5.41) is 4.47.